The van der Waals surface area contributed by atoms with Crippen LogP contribution in [0.25, 0.3) is 0 Å². The fourth-order valence-electron chi connectivity index (χ4n) is 4.35. The van der Waals surface area contributed by atoms with E-state index in [4.69, 9.17) is 21.9 Å². The highest BCUT2D eigenvalue weighted by Gasteiger charge is 2.23. The van der Waals surface area contributed by atoms with Crippen molar-refractivity contribution in [1.29, 1.82) is 0 Å². The molecule has 244 valence electrons. The second kappa shape index (κ2) is 24.2. The number of hydrogen-bond donors (Lipinski definition) is 8. The Kier molecular flexibility index (Phi) is 21.3. The number of rotatable bonds is 26. The lowest BCUT2D eigenvalue weighted by Gasteiger charge is -2.18. The van der Waals surface area contributed by atoms with Gasteiger partial charge in [0.15, 0.2) is 0 Å². The van der Waals surface area contributed by atoms with Gasteiger partial charge in [0.1, 0.15) is 11.8 Å². The third-order valence-electron chi connectivity index (χ3n) is 6.77. The molecule has 0 aliphatic heterocycles. The standard InChI is InChI=1S/C30H54N8O5/c1-43-26-13-4-3-11-23(26)21-28(40)38-25(22-27(33)39)30(42)37-19-8-2-7-15-34-16-9-17-35-18-10-20-36-29(41)24(32)12-5-6-14-31/h3-4,11,13,24-25,34-35H,2,5-10,12,14-22,31-32H2,1H3,(H2,33,39)(H,36,41)(H,37,42)(H,38,40). The molecule has 0 spiro atoms. The van der Waals surface area contributed by atoms with Crippen LogP contribution in [0.1, 0.15) is 63.4 Å². The number of methoxy groups -OCH3 is 1. The molecular weight excluding hydrogens is 552 g/mol. The molecule has 11 N–H and O–H groups in total. The van der Waals surface area contributed by atoms with Crippen LogP contribution in [-0.4, -0.2) is 88.6 Å². The fourth-order valence-corrected chi connectivity index (χ4v) is 4.35. The zero-order chi connectivity index (χ0) is 31.7. The van der Waals surface area contributed by atoms with Gasteiger partial charge in [-0.25, -0.2) is 0 Å². The number of hydrogen-bond acceptors (Lipinski definition) is 9. The van der Waals surface area contributed by atoms with E-state index < -0.39 is 29.8 Å². The Labute approximate surface area is 256 Å². The summed E-state index contributed by atoms with van der Waals surface area (Å²) in [5.41, 5.74) is 17.3. The summed E-state index contributed by atoms with van der Waals surface area (Å²) in [5.74, 6) is -1.02. The highest BCUT2D eigenvalue weighted by atomic mass is 16.5. The average molecular weight is 607 g/mol. The van der Waals surface area contributed by atoms with Gasteiger partial charge in [-0.1, -0.05) is 31.0 Å². The van der Waals surface area contributed by atoms with E-state index in [1.807, 2.05) is 0 Å². The molecule has 0 saturated carbocycles. The van der Waals surface area contributed by atoms with E-state index >= 15 is 0 Å². The minimum atomic E-state index is -1.02. The molecule has 0 aliphatic carbocycles. The summed E-state index contributed by atoms with van der Waals surface area (Å²) in [5, 5.41) is 15.1. The summed E-state index contributed by atoms with van der Waals surface area (Å²) in [4.78, 5) is 48.5. The monoisotopic (exact) mass is 606 g/mol. The minimum Gasteiger partial charge on any atom is -0.496 e. The summed E-state index contributed by atoms with van der Waals surface area (Å²) < 4.78 is 5.26. The third-order valence-corrected chi connectivity index (χ3v) is 6.77. The van der Waals surface area contributed by atoms with Crippen molar-refractivity contribution in [3.63, 3.8) is 0 Å². The zero-order valence-corrected chi connectivity index (χ0v) is 25.8. The Bertz CT molecular complexity index is 949. The number of ether oxygens (including phenoxy) is 1. The van der Waals surface area contributed by atoms with Crippen molar-refractivity contribution in [1.82, 2.24) is 26.6 Å². The van der Waals surface area contributed by atoms with Crippen molar-refractivity contribution < 1.29 is 23.9 Å². The zero-order valence-electron chi connectivity index (χ0n) is 25.8. The lowest BCUT2D eigenvalue weighted by atomic mass is 10.1. The summed E-state index contributed by atoms with van der Waals surface area (Å²) >= 11 is 0. The van der Waals surface area contributed by atoms with Crippen LogP contribution in [0.3, 0.4) is 0 Å². The van der Waals surface area contributed by atoms with Crippen molar-refractivity contribution in [3.8, 4) is 5.75 Å². The Morgan fingerprint density at radius 1 is 0.791 bits per heavy atom. The topological polar surface area (TPSA) is 216 Å². The first kappa shape index (κ1) is 37.8. The Morgan fingerprint density at radius 3 is 2.07 bits per heavy atom. The van der Waals surface area contributed by atoms with E-state index in [-0.39, 0.29) is 18.7 Å². The second-order valence-electron chi connectivity index (χ2n) is 10.5. The minimum absolute atomic E-state index is 0.0153. The maximum absolute atomic E-state index is 12.6. The van der Waals surface area contributed by atoms with E-state index in [1.54, 1.807) is 24.3 Å². The van der Waals surface area contributed by atoms with Gasteiger partial charge in [0.2, 0.25) is 23.6 Å². The van der Waals surface area contributed by atoms with Crippen LogP contribution in [0.4, 0.5) is 0 Å². The molecule has 13 nitrogen and oxygen atoms in total. The first-order chi connectivity index (χ1) is 20.8. The number of unbranched alkanes of at least 4 members (excludes halogenated alkanes) is 3. The number of primary amides is 1. The maximum Gasteiger partial charge on any atom is 0.243 e. The van der Waals surface area contributed by atoms with E-state index in [1.165, 1.54) is 7.11 Å². The van der Waals surface area contributed by atoms with Gasteiger partial charge >= 0.3 is 0 Å². The molecule has 0 saturated heterocycles. The van der Waals surface area contributed by atoms with E-state index in [0.717, 1.165) is 71.1 Å². The van der Waals surface area contributed by atoms with Gasteiger partial charge in [0.05, 0.1) is 26.0 Å². The van der Waals surface area contributed by atoms with Crippen LogP contribution in [-0.2, 0) is 25.6 Å². The molecule has 0 aromatic heterocycles. The van der Waals surface area contributed by atoms with Crippen molar-refractivity contribution in [3.05, 3.63) is 29.8 Å². The van der Waals surface area contributed by atoms with Crippen LogP contribution in [0.5, 0.6) is 5.75 Å². The number of carbonyl (C=O) groups excluding carboxylic acids is 4. The molecule has 2 atom stereocenters. The highest BCUT2D eigenvalue weighted by Crippen LogP contribution is 2.17. The van der Waals surface area contributed by atoms with Crippen molar-refractivity contribution in [2.45, 2.75) is 76.3 Å². The van der Waals surface area contributed by atoms with E-state index in [9.17, 15) is 19.2 Å². The Hall–Kier alpha value is -3.26. The molecule has 0 aliphatic rings. The Balaban J connectivity index is 2.07. The molecule has 1 aromatic rings. The number of benzene rings is 1. The van der Waals surface area contributed by atoms with E-state index in [0.29, 0.717) is 37.4 Å². The van der Waals surface area contributed by atoms with Gasteiger partial charge in [0.25, 0.3) is 0 Å². The molecule has 43 heavy (non-hydrogen) atoms. The molecule has 0 radical (unpaired) electrons. The van der Waals surface area contributed by atoms with Crippen LogP contribution >= 0.6 is 0 Å². The molecule has 1 rings (SSSR count). The number of nitrogens with one attached hydrogen (secondary N) is 5. The molecular formula is C30H54N8O5. The number of para-hydroxylation sites is 1. The predicted molar refractivity (Wildman–Crippen MR) is 168 cm³/mol. The van der Waals surface area contributed by atoms with E-state index in [2.05, 4.69) is 26.6 Å². The number of amides is 4. The smallest absolute Gasteiger partial charge is 0.243 e. The average Bonchev–Trinajstić information content (AvgIpc) is 2.98. The van der Waals surface area contributed by atoms with Gasteiger partial charge in [-0.15, -0.1) is 0 Å². The first-order valence-corrected chi connectivity index (χ1v) is 15.4. The molecule has 1 aromatic carbocycles. The molecule has 0 heterocycles. The molecule has 2 unspecified atom stereocenters. The lowest BCUT2D eigenvalue weighted by molar-refractivity contribution is -0.131. The molecule has 13 heteroatoms. The van der Waals surface area contributed by atoms with Gasteiger partial charge in [0, 0.05) is 18.7 Å². The van der Waals surface area contributed by atoms with Gasteiger partial charge in [-0.05, 0) is 77.3 Å². The van der Waals surface area contributed by atoms with Crippen LogP contribution in [0.15, 0.2) is 24.3 Å². The number of nitrogens with two attached hydrogens (primary N) is 3. The van der Waals surface area contributed by atoms with Crippen molar-refractivity contribution in [2.75, 3.05) is 52.9 Å². The predicted octanol–water partition coefficient (Wildman–Crippen LogP) is -0.584. The second-order valence-corrected chi connectivity index (χ2v) is 10.5. The SMILES string of the molecule is COc1ccccc1CC(=O)NC(CC(N)=O)C(=O)NCCCCCNCCCNCCCNC(=O)C(N)CCCCN. The van der Waals surface area contributed by atoms with Crippen LogP contribution in [0.2, 0.25) is 0 Å². The lowest BCUT2D eigenvalue weighted by Crippen LogP contribution is -2.49. The van der Waals surface area contributed by atoms with Crippen LogP contribution < -0.4 is 48.5 Å². The highest BCUT2D eigenvalue weighted by molar-refractivity contribution is 5.92. The van der Waals surface area contributed by atoms with Crippen LogP contribution in [0, 0.1) is 0 Å². The fraction of sp³-hybridized carbons (Fsp3) is 0.667. The van der Waals surface area contributed by atoms with Crippen molar-refractivity contribution in [2.24, 2.45) is 17.2 Å². The summed E-state index contributed by atoms with van der Waals surface area (Å²) in [6, 6.07) is 5.64. The molecule has 0 fully saturated rings. The summed E-state index contributed by atoms with van der Waals surface area (Å²) in [7, 11) is 1.52. The van der Waals surface area contributed by atoms with Crippen molar-refractivity contribution >= 4 is 23.6 Å². The first-order valence-electron chi connectivity index (χ1n) is 15.4. The normalized spacial score (nSPS) is 12.3. The van der Waals surface area contributed by atoms with Gasteiger partial charge in [-0.2, -0.15) is 0 Å². The third kappa shape index (κ3) is 18.8. The summed E-state index contributed by atoms with van der Waals surface area (Å²) in [6.07, 6.45) is 6.69. The summed E-state index contributed by atoms with van der Waals surface area (Å²) in [6.45, 7) is 5.20. The number of carbonyl (C=O) groups is 4. The Morgan fingerprint density at radius 2 is 1.40 bits per heavy atom. The molecule has 4 amide bonds. The maximum atomic E-state index is 12.6. The molecule has 0 bridgehead atoms. The largest absolute Gasteiger partial charge is 0.496 e. The van der Waals surface area contributed by atoms with Gasteiger partial charge in [-0.3, -0.25) is 19.2 Å². The quantitative estimate of drug-likeness (QED) is 0.0632. The van der Waals surface area contributed by atoms with Gasteiger partial charge < -0.3 is 48.5 Å².